The second kappa shape index (κ2) is 7.17. The average Bonchev–Trinajstić information content (AvgIpc) is 3.03. The number of aromatic nitrogens is 1. The molecule has 0 saturated carbocycles. The number of para-hydroxylation sites is 1. The minimum Gasteiger partial charge on any atom is -0.355 e. The van der Waals surface area contributed by atoms with Crippen LogP contribution in [-0.2, 0) is 16.6 Å². The van der Waals surface area contributed by atoms with E-state index >= 15 is 0 Å². The Hall–Kier alpha value is -2.24. The van der Waals surface area contributed by atoms with Crippen molar-refractivity contribution < 1.29 is 4.79 Å². The molecule has 134 valence electrons. The summed E-state index contributed by atoms with van der Waals surface area (Å²) in [6.45, 7) is 4.73. The smallest absolute Gasteiger partial charge is 0.230 e. The maximum Gasteiger partial charge on any atom is 0.230 e. The summed E-state index contributed by atoms with van der Waals surface area (Å²) in [6.07, 6.45) is 0.602. The van der Waals surface area contributed by atoms with Gasteiger partial charge in [-0.05, 0) is 24.6 Å². The molecule has 2 N–H and O–H groups in total. The molecule has 0 spiro atoms. The van der Waals surface area contributed by atoms with Crippen molar-refractivity contribution in [3.8, 4) is 0 Å². The Morgan fingerprint density at radius 3 is 2.62 bits per heavy atom. The number of nitrogens with zero attached hydrogens (tertiary/aromatic N) is 1. The van der Waals surface area contributed by atoms with E-state index in [1.807, 2.05) is 55.5 Å². The summed E-state index contributed by atoms with van der Waals surface area (Å²) in [5, 5.41) is 7.42. The number of carbonyl (C=O) groups excluding carboxylic acids is 1. The Bertz CT molecular complexity index is 871. The Morgan fingerprint density at radius 2 is 1.92 bits per heavy atom. The van der Waals surface area contributed by atoms with E-state index in [1.54, 1.807) is 11.3 Å². The van der Waals surface area contributed by atoms with Gasteiger partial charge in [0, 0.05) is 32.0 Å². The van der Waals surface area contributed by atoms with Crippen LogP contribution in [0.5, 0.6) is 0 Å². The van der Waals surface area contributed by atoms with Gasteiger partial charge in [0.05, 0.1) is 20.6 Å². The van der Waals surface area contributed by atoms with Crippen LogP contribution in [-0.4, -0.2) is 30.5 Å². The monoisotopic (exact) mass is 365 g/mol. The molecule has 5 heteroatoms. The second-order valence-corrected chi connectivity index (χ2v) is 8.30. The second-order valence-electron chi connectivity index (χ2n) is 7.18. The van der Waals surface area contributed by atoms with E-state index in [0.717, 1.165) is 35.7 Å². The predicted octanol–water partition coefficient (Wildman–Crippen LogP) is 3.13. The molecule has 1 saturated heterocycles. The highest BCUT2D eigenvalue weighted by Gasteiger charge is 2.36. The van der Waals surface area contributed by atoms with E-state index in [-0.39, 0.29) is 5.91 Å². The fraction of sp³-hybridized carbons (Fsp3) is 0.333. The number of hydrogen-bond acceptors (Lipinski definition) is 4. The molecule has 1 aliphatic rings. The first kappa shape index (κ1) is 17.2. The fourth-order valence-corrected chi connectivity index (χ4v) is 4.47. The van der Waals surface area contributed by atoms with Crippen molar-refractivity contribution in [1.82, 2.24) is 15.6 Å². The number of amides is 1. The third-order valence-corrected chi connectivity index (χ3v) is 6.21. The molecule has 26 heavy (non-hydrogen) atoms. The summed E-state index contributed by atoms with van der Waals surface area (Å²) in [5.74, 6) is 0.622. The van der Waals surface area contributed by atoms with Crippen LogP contribution >= 0.6 is 11.3 Å². The Balaban J connectivity index is 1.62. The van der Waals surface area contributed by atoms with Gasteiger partial charge in [0.15, 0.2) is 0 Å². The molecular weight excluding hydrogens is 342 g/mol. The highest BCUT2D eigenvalue weighted by Crippen LogP contribution is 2.32. The number of thiazole rings is 1. The molecule has 4 rings (SSSR count). The molecule has 0 bridgehead atoms. The van der Waals surface area contributed by atoms with Crippen LogP contribution in [0.4, 0.5) is 0 Å². The zero-order chi connectivity index (χ0) is 18.0. The lowest BCUT2D eigenvalue weighted by atomic mass is 9.78. The Labute approximate surface area is 157 Å². The molecule has 0 aliphatic carbocycles. The molecular formula is C21H23N3OS. The summed E-state index contributed by atoms with van der Waals surface area (Å²) in [6, 6.07) is 18.2. The SMILES string of the molecule is CC(Cc1nc2ccccc2s1)(C(=O)NCC1CNC1)c1ccccc1. The summed E-state index contributed by atoms with van der Waals surface area (Å²) in [7, 11) is 0. The predicted molar refractivity (Wildman–Crippen MR) is 106 cm³/mol. The lowest BCUT2D eigenvalue weighted by Crippen LogP contribution is -2.51. The van der Waals surface area contributed by atoms with E-state index in [1.165, 1.54) is 4.70 Å². The zero-order valence-electron chi connectivity index (χ0n) is 14.9. The first-order valence-electron chi connectivity index (χ1n) is 9.04. The van der Waals surface area contributed by atoms with Crippen LogP contribution < -0.4 is 10.6 Å². The van der Waals surface area contributed by atoms with E-state index in [0.29, 0.717) is 12.3 Å². The van der Waals surface area contributed by atoms with Gasteiger partial charge < -0.3 is 10.6 Å². The quantitative estimate of drug-likeness (QED) is 0.706. The topological polar surface area (TPSA) is 54.0 Å². The van der Waals surface area contributed by atoms with E-state index in [2.05, 4.69) is 16.7 Å². The summed E-state index contributed by atoms with van der Waals surface area (Å²) < 4.78 is 1.17. The average molecular weight is 366 g/mol. The number of benzene rings is 2. The number of hydrogen-bond donors (Lipinski definition) is 2. The van der Waals surface area contributed by atoms with Crippen LogP contribution in [0.3, 0.4) is 0 Å². The van der Waals surface area contributed by atoms with Gasteiger partial charge in [-0.1, -0.05) is 42.5 Å². The molecule has 1 fully saturated rings. The zero-order valence-corrected chi connectivity index (χ0v) is 15.7. The molecule has 1 aromatic heterocycles. The van der Waals surface area contributed by atoms with Crippen LogP contribution in [0.15, 0.2) is 54.6 Å². The van der Waals surface area contributed by atoms with E-state index in [9.17, 15) is 4.79 Å². The molecule has 2 aromatic carbocycles. The highest BCUT2D eigenvalue weighted by atomic mass is 32.1. The molecule has 0 radical (unpaired) electrons. The Morgan fingerprint density at radius 1 is 1.19 bits per heavy atom. The van der Waals surface area contributed by atoms with E-state index in [4.69, 9.17) is 4.98 Å². The summed E-state index contributed by atoms with van der Waals surface area (Å²) in [4.78, 5) is 17.9. The van der Waals surface area contributed by atoms with E-state index < -0.39 is 5.41 Å². The van der Waals surface area contributed by atoms with Crippen molar-refractivity contribution in [2.75, 3.05) is 19.6 Å². The van der Waals surface area contributed by atoms with Gasteiger partial charge in [0.25, 0.3) is 0 Å². The lowest BCUT2D eigenvalue weighted by molar-refractivity contribution is -0.126. The maximum atomic E-state index is 13.2. The first-order valence-corrected chi connectivity index (χ1v) is 9.86. The number of rotatable bonds is 6. The molecule has 1 amide bonds. The van der Waals surface area contributed by atoms with Crippen molar-refractivity contribution >= 4 is 27.5 Å². The Kier molecular flexibility index (Phi) is 4.74. The third-order valence-electron chi connectivity index (χ3n) is 5.17. The molecule has 1 aliphatic heterocycles. The molecule has 1 unspecified atom stereocenters. The van der Waals surface area contributed by atoms with Gasteiger partial charge in [-0.2, -0.15) is 0 Å². The lowest BCUT2D eigenvalue weighted by Gasteiger charge is -2.32. The fourth-order valence-electron chi connectivity index (χ4n) is 3.34. The minimum absolute atomic E-state index is 0.0786. The largest absolute Gasteiger partial charge is 0.355 e. The van der Waals surface area contributed by atoms with Gasteiger partial charge in [0.1, 0.15) is 0 Å². The number of fused-ring (bicyclic) bond motifs is 1. The number of carbonyl (C=O) groups is 1. The summed E-state index contributed by atoms with van der Waals surface area (Å²) in [5.41, 5.74) is 1.40. The normalized spacial score (nSPS) is 16.8. The van der Waals surface area contributed by atoms with Crippen LogP contribution in [0.25, 0.3) is 10.2 Å². The van der Waals surface area contributed by atoms with Gasteiger partial charge in [-0.15, -0.1) is 11.3 Å². The molecule has 2 heterocycles. The van der Waals surface area contributed by atoms with Crippen molar-refractivity contribution in [2.45, 2.75) is 18.8 Å². The highest BCUT2D eigenvalue weighted by molar-refractivity contribution is 7.18. The van der Waals surface area contributed by atoms with Crippen molar-refractivity contribution in [2.24, 2.45) is 5.92 Å². The van der Waals surface area contributed by atoms with Crippen LogP contribution in [0, 0.1) is 5.92 Å². The van der Waals surface area contributed by atoms with Crippen molar-refractivity contribution in [1.29, 1.82) is 0 Å². The maximum absolute atomic E-state index is 13.2. The van der Waals surface area contributed by atoms with Crippen molar-refractivity contribution in [3.05, 3.63) is 65.2 Å². The summed E-state index contributed by atoms with van der Waals surface area (Å²) >= 11 is 1.68. The van der Waals surface area contributed by atoms with Gasteiger partial charge in [-0.25, -0.2) is 4.98 Å². The van der Waals surface area contributed by atoms with Crippen molar-refractivity contribution in [3.63, 3.8) is 0 Å². The molecule has 1 atom stereocenters. The molecule has 3 aromatic rings. The minimum atomic E-state index is -0.633. The van der Waals surface area contributed by atoms with Crippen LogP contribution in [0.1, 0.15) is 17.5 Å². The van der Waals surface area contributed by atoms with Gasteiger partial charge in [0.2, 0.25) is 5.91 Å². The first-order chi connectivity index (χ1) is 12.6. The standard InChI is InChI=1S/C21H23N3OS/c1-21(16-7-3-2-4-8-16,20(25)23-14-15-12-22-13-15)11-19-24-17-9-5-6-10-18(17)26-19/h2-10,15,22H,11-14H2,1H3,(H,23,25). The van der Waals surface area contributed by atoms with Crippen LogP contribution in [0.2, 0.25) is 0 Å². The van der Waals surface area contributed by atoms with Gasteiger partial charge >= 0.3 is 0 Å². The number of nitrogens with one attached hydrogen (secondary N) is 2. The molecule has 4 nitrogen and oxygen atoms in total. The third kappa shape index (κ3) is 3.37. The van der Waals surface area contributed by atoms with Gasteiger partial charge in [-0.3, -0.25) is 4.79 Å².